The quantitative estimate of drug-likeness (QED) is 0.587. The van der Waals surface area contributed by atoms with Gasteiger partial charge in [0.05, 0.1) is 17.8 Å². The van der Waals surface area contributed by atoms with Crippen molar-refractivity contribution in [2.75, 3.05) is 0 Å². The molecule has 18 heavy (non-hydrogen) atoms. The molecule has 1 fully saturated rings. The summed E-state index contributed by atoms with van der Waals surface area (Å²) in [5, 5.41) is 0. The Morgan fingerprint density at radius 3 is 2.22 bits per heavy atom. The summed E-state index contributed by atoms with van der Waals surface area (Å²) < 4.78 is 12.7. The Labute approximate surface area is 117 Å². The minimum absolute atomic E-state index is 0.370. The Kier molecular flexibility index (Phi) is 3.31. The first-order valence-electron chi connectivity index (χ1n) is 5.80. The molecule has 5 heteroatoms. The number of nitrogens with zero attached hydrogens (tertiary/aromatic N) is 1. The van der Waals surface area contributed by atoms with Crippen molar-refractivity contribution in [3.05, 3.63) is 34.1 Å². The number of halogens is 1. The fourth-order valence-electron chi connectivity index (χ4n) is 1.78. The molecule has 0 aromatic heterocycles. The van der Waals surface area contributed by atoms with Crippen LogP contribution < -0.4 is 5.46 Å². The van der Waals surface area contributed by atoms with Gasteiger partial charge in [0.1, 0.15) is 0 Å². The number of rotatable bonds is 1. The number of hydrogen-bond donors (Lipinski definition) is 0. The Morgan fingerprint density at radius 1 is 1.17 bits per heavy atom. The molecule has 0 amide bonds. The van der Waals surface area contributed by atoms with Crippen LogP contribution in [0.15, 0.2) is 22.7 Å². The van der Waals surface area contributed by atoms with Gasteiger partial charge in [-0.1, -0.05) is 34.1 Å². The highest BCUT2D eigenvalue weighted by molar-refractivity contribution is 9.10. The smallest absolute Gasteiger partial charge is 0.399 e. The second kappa shape index (κ2) is 4.38. The Bertz CT molecular complexity index is 506. The molecule has 1 aromatic rings. The lowest BCUT2D eigenvalue weighted by Gasteiger charge is -2.32. The third-order valence-corrected chi connectivity index (χ3v) is 4.50. The minimum Gasteiger partial charge on any atom is -0.399 e. The van der Waals surface area contributed by atoms with Crippen molar-refractivity contribution in [3.63, 3.8) is 0 Å². The fourth-order valence-corrected chi connectivity index (χ4v) is 2.32. The summed E-state index contributed by atoms with van der Waals surface area (Å²) >= 11 is 3.45. The van der Waals surface area contributed by atoms with E-state index in [0.717, 1.165) is 9.94 Å². The number of benzene rings is 1. The van der Waals surface area contributed by atoms with Crippen LogP contribution in [0.4, 0.5) is 5.69 Å². The fraction of sp³-hybridized carbons (Fsp3) is 0.462. The maximum absolute atomic E-state index is 7.12. The van der Waals surface area contributed by atoms with E-state index < -0.39 is 7.12 Å². The molecular formula is C13H15BBrNO2. The summed E-state index contributed by atoms with van der Waals surface area (Å²) in [6.45, 7) is 15.2. The van der Waals surface area contributed by atoms with Crippen molar-refractivity contribution in [2.45, 2.75) is 38.9 Å². The van der Waals surface area contributed by atoms with Crippen LogP contribution in [0.2, 0.25) is 0 Å². The Balaban J connectivity index is 2.39. The third-order valence-electron chi connectivity index (χ3n) is 3.64. The zero-order valence-electron chi connectivity index (χ0n) is 11.0. The molecule has 0 bridgehead atoms. The van der Waals surface area contributed by atoms with Crippen molar-refractivity contribution in [2.24, 2.45) is 0 Å². The lowest BCUT2D eigenvalue weighted by atomic mass is 9.79. The van der Waals surface area contributed by atoms with Gasteiger partial charge in [0, 0.05) is 4.47 Å². The highest BCUT2D eigenvalue weighted by Crippen LogP contribution is 2.37. The Hall–Kier alpha value is -0.825. The lowest BCUT2D eigenvalue weighted by molar-refractivity contribution is 0.00578. The van der Waals surface area contributed by atoms with Gasteiger partial charge in [-0.05, 0) is 33.2 Å². The molecule has 1 heterocycles. The van der Waals surface area contributed by atoms with E-state index in [-0.39, 0.29) is 11.2 Å². The van der Waals surface area contributed by atoms with Crippen molar-refractivity contribution in [3.8, 4) is 0 Å². The van der Waals surface area contributed by atoms with Gasteiger partial charge >= 0.3 is 7.12 Å². The summed E-state index contributed by atoms with van der Waals surface area (Å²) in [5.74, 6) is 0. The van der Waals surface area contributed by atoms with E-state index in [1.54, 1.807) is 6.07 Å². The summed E-state index contributed by atoms with van der Waals surface area (Å²) in [6, 6.07) is 5.53. The van der Waals surface area contributed by atoms with Crippen molar-refractivity contribution in [1.29, 1.82) is 0 Å². The van der Waals surface area contributed by atoms with Gasteiger partial charge in [0.15, 0.2) is 0 Å². The molecule has 1 aromatic carbocycles. The van der Waals surface area contributed by atoms with Gasteiger partial charge in [-0.25, -0.2) is 4.85 Å². The summed E-state index contributed by atoms with van der Waals surface area (Å²) in [4.78, 5) is 3.47. The normalized spacial score (nSPS) is 20.8. The highest BCUT2D eigenvalue weighted by atomic mass is 79.9. The molecule has 1 aliphatic rings. The largest absolute Gasteiger partial charge is 0.494 e. The molecule has 1 saturated heterocycles. The first kappa shape index (κ1) is 13.6. The molecule has 0 N–H and O–H groups in total. The molecule has 0 atom stereocenters. The number of hydrogen-bond acceptors (Lipinski definition) is 2. The van der Waals surface area contributed by atoms with Gasteiger partial charge in [-0.3, -0.25) is 0 Å². The molecule has 0 unspecified atom stereocenters. The van der Waals surface area contributed by atoms with Gasteiger partial charge in [-0.2, -0.15) is 0 Å². The predicted molar refractivity (Wildman–Crippen MR) is 76.1 cm³/mol. The molecule has 0 radical (unpaired) electrons. The third kappa shape index (κ3) is 2.09. The standard InChI is InChI=1S/C13H15BBrNO2/c1-12(2)13(3,4)18-14(17-12)9-7-6-8-10(16-5)11(9)15/h6-8H,1-4H3. The average Bonchev–Trinajstić information content (AvgIpc) is 2.48. The molecule has 0 spiro atoms. The van der Waals surface area contributed by atoms with Gasteiger partial charge in [-0.15, -0.1) is 0 Å². The van der Waals surface area contributed by atoms with Crippen LogP contribution in [0.1, 0.15) is 27.7 Å². The maximum Gasteiger partial charge on any atom is 0.494 e. The molecule has 3 nitrogen and oxygen atoms in total. The van der Waals surface area contributed by atoms with Crippen LogP contribution in [0.3, 0.4) is 0 Å². The van der Waals surface area contributed by atoms with E-state index in [1.165, 1.54) is 0 Å². The van der Waals surface area contributed by atoms with Crippen molar-refractivity contribution in [1.82, 2.24) is 0 Å². The second-order valence-corrected chi connectivity index (χ2v) is 6.17. The van der Waals surface area contributed by atoms with E-state index in [4.69, 9.17) is 15.9 Å². The zero-order valence-corrected chi connectivity index (χ0v) is 12.5. The molecular weight excluding hydrogens is 293 g/mol. The maximum atomic E-state index is 7.12. The first-order valence-corrected chi connectivity index (χ1v) is 6.59. The Morgan fingerprint density at radius 2 is 1.72 bits per heavy atom. The predicted octanol–water partition coefficient (Wildman–Crippen LogP) is 3.30. The average molecular weight is 308 g/mol. The van der Waals surface area contributed by atoms with Gasteiger partial charge in [0.2, 0.25) is 5.69 Å². The van der Waals surface area contributed by atoms with Gasteiger partial charge in [0.25, 0.3) is 0 Å². The highest BCUT2D eigenvalue weighted by Gasteiger charge is 2.52. The van der Waals surface area contributed by atoms with Crippen molar-refractivity contribution < 1.29 is 9.31 Å². The van der Waals surface area contributed by atoms with Crippen LogP contribution in [0.25, 0.3) is 4.85 Å². The molecule has 0 saturated carbocycles. The van der Waals surface area contributed by atoms with E-state index in [0.29, 0.717) is 5.69 Å². The summed E-state index contributed by atoms with van der Waals surface area (Å²) in [6.07, 6.45) is 0. The minimum atomic E-state index is -0.439. The summed E-state index contributed by atoms with van der Waals surface area (Å²) in [7, 11) is -0.439. The van der Waals surface area contributed by atoms with Crippen molar-refractivity contribution >= 4 is 34.2 Å². The van der Waals surface area contributed by atoms with Crippen LogP contribution in [-0.2, 0) is 9.31 Å². The lowest BCUT2D eigenvalue weighted by Crippen LogP contribution is -2.41. The second-order valence-electron chi connectivity index (χ2n) is 5.38. The monoisotopic (exact) mass is 307 g/mol. The van der Waals surface area contributed by atoms with E-state index in [2.05, 4.69) is 20.8 Å². The van der Waals surface area contributed by atoms with E-state index >= 15 is 0 Å². The summed E-state index contributed by atoms with van der Waals surface area (Å²) in [5.41, 5.74) is 0.695. The topological polar surface area (TPSA) is 22.8 Å². The SMILES string of the molecule is [C-]#[N+]c1cccc(B2OC(C)(C)C(C)(C)O2)c1Br. The van der Waals surface area contributed by atoms with Gasteiger partial charge < -0.3 is 9.31 Å². The molecule has 1 aliphatic heterocycles. The molecule has 2 rings (SSSR count). The molecule has 0 aliphatic carbocycles. The van der Waals surface area contributed by atoms with Crippen LogP contribution >= 0.6 is 15.9 Å². The van der Waals surface area contributed by atoms with Crippen LogP contribution in [0, 0.1) is 6.57 Å². The molecule has 94 valence electrons. The first-order chi connectivity index (χ1) is 8.28. The van der Waals surface area contributed by atoms with E-state index in [1.807, 2.05) is 39.8 Å². The zero-order chi connectivity index (χ0) is 13.6. The van der Waals surface area contributed by atoms with Crippen LogP contribution in [-0.4, -0.2) is 18.3 Å². The van der Waals surface area contributed by atoms with E-state index in [9.17, 15) is 0 Å². The van der Waals surface area contributed by atoms with Crippen LogP contribution in [0.5, 0.6) is 0 Å².